The van der Waals surface area contributed by atoms with Gasteiger partial charge in [-0.05, 0) is 85.0 Å². The normalized spacial score (nSPS) is 15.5. The van der Waals surface area contributed by atoms with Crippen molar-refractivity contribution in [2.24, 2.45) is 0 Å². The summed E-state index contributed by atoms with van der Waals surface area (Å²) in [7, 11) is 1.96. The van der Waals surface area contributed by atoms with E-state index in [1.165, 1.54) is 46.1 Å². The van der Waals surface area contributed by atoms with Gasteiger partial charge < -0.3 is 35.3 Å². The van der Waals surface area contributed by atoms with Crippen LogP contribution in [0.3, 0.4) is 0 Å². The SMILES string of the molecule is CN(CCCn1c(=O)sc2cc(CNC[C@H](O)c3ccc(O)c4[nH]c(=O)ccc34)ccc21)c1csc(C(O)(C(=O)OC2CCCCC2)c2cccs2)c1. The Hall–Kier alpha value is -4.31. The zero-order valence-electron chi connectivity index (χ0n) is 29.2. The van der Waals surface area contributed by atoms with E-state index in [1.54, 1.807) is 22.8 Å². The van der Waals surface area contributed by atoms with Crippen LogP contribution in [0.5, 0.6) is 5.75 Å². The molecule has 2 aromatic carbocycles. The standard InChI is InChI=1S/C39H42N4O7S3/c1-42(25-20-34(52-23-25)39(49,33-9-5-18-51-33)37(47)50-26-7-3-2-4-8-26)16-6-17-43-29-13-10-24(19-32(29)53-38(43)48)21-40-22-31(45)27-11-14-30(44)36-28(27)12-15-35(46)41-36/h5,9-15,18-20,23,26,31,40,44-45,49H,2-4,6-8,16-17,21-22H2,1H3,(H,41,46)/t31-,39?/m0/s1. The maximum absolute atomic E-state index is 13.5. The number of H-pyrrole nitrogens is 1. The third-order valence-corrected chi connectivity index (χ3v) is 12.9. The Morgan fingerprint density at radius 3 is 2.70 bits per heavy atom. The number of thiophene rings is 2. The van der Waals surface area contributed by atoms with E-state index < -0.39 is 17.7 Å². The van der Waals surface area contributed by atoms with Crippen LogP contribution >= 0.6 is 34.0 Å². The van der Waals surface area contributed by atoms with Crippen molar-refractivity contribution in [1.82, 2.24) is 14.9 Å². The van der Waals surface area contributed by atoms with Crippen LogP contribution in [0, 0.1) is 0 Å². The van der Waals surface area contributed by atoms with Crippen molar-refractivity contribution < 1.29 is 24.9 Å². The number of ether oxygens (including phenoxy) is 1. The van der Waals surface area contributed by atoms with Crippen LogP contribution in [0.25, 0.3) is 21.1 Å². The highest BCUT2D eigenvalue weighted by molar-refractivity contribution is 7.16. The summed E-state index contributed by atoms with van der Waals surface area (Å²) in [5.41, 5.74) is 1.39. The number of benzene rings is 2. The van der Waals surface area contributed by atoms with Gasteiger partial charge in [-0.3, -0.25) is 14.2 Å². The quantitative estimate of drug-likeness (QED) is 0.0814. The van der Waals surface area contributed by atoms with Crippen molar-refractivity contribution in [2.45, 2.75) is 69.4 Å². The van der Waals surface area contributed by atoms with Crippen LogP contribution in [0.1, 0.15) is 65.5 Å². The lowest BCUT2D eigenvalue weighted by Crippen LogP contribution is -2.39. The van der Waals surface area contributed by atoms with E-state index in [2.05, 4.69) is 15.2 Å². The number of anilines is 1. The lowest BCUT2D eigenvalue weighted by molar-refractivity contribution is -0.168. The summed E-state index contributed by atoms with van der Waals surface area (Å²) < 4.78 is 8.56. The van der Waals surface area contributed by atoms with Gasteiger partial charge in [-0.15, -0.1) is 22.7 Å². The second-order valence-electron chi connectivity index (χ2n) is 13.6. The number of nitrogens with one attached hydrogen (secondary N) is 2. The van der Waals surface area contributed by atoms with Gasteiger partial charge in [0.2, 0.25) is 11.2 Å². The number of aromatic hydroxyl groups is 1. The predicted molar refractivity (Wildman–Crippen MR) is 211 cm³/mol. The highest BCUT2D eigenvalue weighted by atomic mass is 32.1. The van der Waals surface area contributed by atoms with E-state index in [9.17, 15) is 29.7 Å². The van der Waals surface area contributed by atoms with Crippen LogP contribution in [0.4, 0.5) is 5.69 Å². The third-order valence-electron chi connectivity index (χ3n) is 9.92. The topological polar surface area (TPSA) is 157 Å². The zero-order chi connectivity index (χ0) is 37.1. The van der Waals surface area contributed by atoms with E-state index in [4.69, 9.17) is 4.74 Å². The molecular formula is C39H42N4O7S3. The first kappa shape index (κ1) is 37.0. The van der Waals surface area contributed by atoms with Crippen molar-refractivity contribution in [3.05, 3.63) is 112 Å². The molecule has 5 N–H and O–H groups in total. The summed E-state index contributed by atoms with van der Waals surface area (Å²) in [6.07, 6.45) is 4.49. The fourth-order valence-corrected chi connectivity index (χ4v) is 9.90. The van der Waals surface area contributed by atoms with E-state index >= 15 is 0 Å². The highest BCUT2D eigenvalue weighted by Crippen LogP contribution is 2.40. The summed E-state index contributed by atoms with van der Waals surface area (Å²) in [4.78, 5) is 44.0. The molecule has 0 radical (unpaired) electrons. The Morgan fingerprint density at radius 2 is 1.91 bits per heavy atom. The number of pyridine rings is 1. The molecule has 0 saturated heterocycles. The Kier molecular flexibility index (Phi) is 11.2. The molecule has 1 aliphatic rings. The average Bonchev–Trinajstić information content (AvgIpc) is 3.94. The zero-order valence-corrected chi connectivity index (χ0v) is 31.7. The predicted octanol–water partition coefficient (Wildman–Crippen LogP) is 6.19. The van der Waals surface area contributed by atoms with Gasteiger partial charge >= 0.3 is 10.8 Å². The van der Waals surface area contributed by atoms with Gasteiger partial charge in [0.05, 0.1) is 31.6 Å². The third kappa shape index (κ3) is 7.84. The van der Waals surface area contributed by atoms with Crippen molar-refractivity contribution in [1.29, 1.82) is 0 Å². The van der Waals surface area contributed by atoms with E-state index in [-0.39, 0.29) is 34.3 Å². The number of phenolic OH excluding ortho intramolecular Hbond substituents is 1. The lowest BCUT2D eigenvalue weighted by atomic mass is 9.96. The van der Waals surface area contributed by atoms with E-state index in [0.29, 0.717) is 46.8 Å². The number of aryl methyl sites for hydroxylation is 1. The summed E-state index contributed by atoms with van der Waals surface area (Å²) in [5.74, 6) is -0.678. The lowest BCUT2D eigenvalue weighted by Gasteiger charge is -2.28. The van der Waals surface area contributed by atoms with Crippen molar-refractivity contribution in [2.75, 3.05) is 25.0 Å². The van der Waals surface area contributed by atoms with Crippen molar-refractivity contribution >= 4 is 66.8 Å². The first-order valence-corrected chi connectivity index (χ1v) is 20.3. The highest BCUT2D eigenvalue weighted by Gasteiger charge is 2.45. The number of carbonyl (C=O) groups excluding carboxylic acids is 1. The molecule has 1 unspecified atom stereocenters. The first-order chi connectivity index (χ1) is 25.6. The molecule has 0 amide bonds. The molecule has 1 fully saturated rings. The molecule has 2 atom stereocenters. The molecule has 7 rings (SSSR count). The number of phenols is 1. The van der Waals surface area contributed by atoms with E-state index in [0.717, 1.165) is 53.6 Å². The van der Waals surface area contributed by atoms with E-state index in [1.807, 2.05) is 48.1 Å². The minimum atomic E-state index is -1.86. The molecule has 14 heteroatoms. The number of rotatable bonds is 14. The Bertz CT molecular complexity index is 2320. The van der Waals surface area contributed by atoms with Gasteiger partial charge in [-0.1, -0.05) is 36.0 Å². The number of aliphatic hydroxyl groups is 2. The van der Waals surface area contributed by atoms with Crippen molar-refractivity contribution in [3.8, 4) is 5.75 Å². The minimum Gasteiger partial charge on any atom is -0.506 e. The fraction of sp³-hybridized carbons (Fsp3) is 0.359. The molecule has 1 saturated carbocycles. The average molecular weight is 775 g/mol. The molecule has 0 bridgehead atoms. The number of fused-ring (bicyclic) bond motifs is 2. The van der Waals surface area contributed by atoms with Gasteiger partial charge in [0, 0.05) is 55.7 Å². The minimum absolute atomic E-state index is 0.0317. The molecule has 278 valence electrons. The molecule has 53 heavy (non-hydrogen) atoms. The number of aromatic amines is 1. The van der Waals surface area contributed by atoms with Crippen LogP contribution in [0.15, 0.2) is 81.0 Å². The second-order valence-corrected chi connectivity index (χ2v) is 16.4. The summed E-state index contributed by atoms with van der Waals surface area (Å²) in [6, 6.07) is 17.4. The summed E-state index contributed by atoms with van der Waals surface area (Å²) in [5, 5.41) is 40.6. The largest absolute Gasteiger partial charge is 0.506 e. The van der Waals surface area contributed by atoms with Crippen LogP contribution < -0.4 is 20.6 Å². The van der Waals surface area contributed by atoms with Crippen molar-refractivity contribution in [3.63, 3.8) is 0 Å². The number of hydrogen-bond donors (Lipinski definition) is 5. The van der Waals surface area contributed by atoms with Crippen LogP contribution in [-0.2, 0) is 28.2 Å². The Morgan fingerprint density at radius 1 is 1.08 bits per heavy atom. The number of esters is 1. The van der Waals surface area contributed by atoms with Crippen LogP contribution in [-0.4, -0.2) is 57.1 Å². The van der Waals surface area contributed by atoms with Gasteiger partial charge in [0.25, 0.3) is 0 Å². The molecule has 0 aliphatic heterocycles. The van der Waals surface area contributed by atoms with Crippen LogP contribution in [0.2, 0.25) is 0 Å². The summed E-state index contributed by atoms with van der Waals surface area (Å²) >= 11 is 3.88. The first-order valence-electron chi connectivity index (χ1n) is 17.8. The Labute approximate surface area is 317 Å². The number of aliphatic hydroxyl groups excluding tert-OH is 1. The molecule has 4 heterocycles. The van der Waals surface area contributed by atoms with Gasteiger partial charge in [-0.25, -0.2) is 4.79 Å². The smallest absolute Gasteiger partial charge is 0.349 e. The summed E-state index contributed by atoms with van der Waals surface area (Å²) in [6.45, 7) is 1.90. The molecule has 1 aliphatic carbocycles. The second kappa shape index (κ2) is 16.0. The molecule has 4 aromatic heterocycles. The monoisotopic (exact) mass is 774 g/mol. The van der Waals surface area contributed by atoms with Gasteiger partial charge in [0.15, 0.2) is 0 Å². The number of aromatic nitrogens is 2. The molecular weight excluding hydrogens is 733 g/mol. The molecule has 6 aromatic rings. The van der Waals surface area contributed by atoms with Gasteiger partial charge in [0.1, 0.15) is 11.9 Å². The molecule has 0 spiro atoms. The number of carbonyl (C=O) groups is 1. The number of nitrogens with zero attached hydrogens (tertiary/aromatic N) is 2. The maximum Gasteiger partial charge on any atom is 0.349 e. The number of hydrogen-bond acceptors (Lipinski definition) is 12. The maximum atomic E-state index is 13.5. The molecule has 11 nitrogen and oxygen atoms in total. The Balaban J connectivity index is 0.958. The van der Waals surface area contributed by atoms with Gasteiger partial charge in [-0.2, -0.15) is 0 Å². The number of thiazole rings is 1. The fourth-order valence-electron chi connectivity index (χ4n) is 6.98.